The highest BCUT2D eigenvalue weighted by atomic mass is 79.9. The van der Waals surface area contributed by atoms with Crippen LogP contribution in [-0.4, -0.2) is 16.9 Å². The first-order chi connectivity index (χ1) is 11.2. The minimum atomic E-state index is 0.120. The summed E-state index contributed by atoms with van der Waals surface area (Å²) in [5.74, 6) is 0.410. The lowest BCUT2D eigenvalue weighted by atomic mass is 9.79. The van der Waals surface area contributed by atoms with Gasteiger partial charge in [-0.05, 0) is 65.6 Å². The van der Waals surface area contributed by atoms with E-state index in [1.54, 1.807) is 0 Å². The van der Waals surface area contributed by atoms with Gasteiger partial charge in [-0.1, -0.05) is 34.1 Å². The molecule has 0 heterocycles. The van der Waals surface area contributed by atoms with E-state index in [-0.39, 0.29) is 11.6 Å². The molecule has 0 spiro atoms. The van der Waals surface area contributed by atoms with Crippen molar-refractivity contribution in [1.82, 2.24) is 0 Å². The number of halogens is 1. The Kier molecular flexibility index (Phi) is 3.68. The second-order valence-electron chi connectivity index (χ2n) is 6.37. The Morgan fingerprint density at radius 3 is 2.35 bits per heavy atom. The summed E-state index contributed by atoms with van der Waals surface area (Å²) in [6, 6.07) is 10.4. The Hall–Kier alpha value is -1.74. The van der Waals surface area contributed by atoms with Crippen LogP contribution in [0.1, 0.15) is 50.2 Å². The molecule has 3 heteroatoms. The molecule has 0 aliphatic heterocycles. The Morgan fingerprint density at radius 2 is 1.57 bits per heavy atom. The molecule has 0 aromatic heterocycles. The molecular formula is C20H17BrO2. The van der Waals surface area contributed by atoms with E-state index in [1.807, 2.05) is 12.1 Å². The van der Waals surface area contributed by atoms with Gasteiger partial charge in [-0.15, -0.1) is 0 Å². The van der Waals surface area contributed by atoms with Gasteiger partial charge in [0.05, 0.1) is 5.33 Å². The second-order valence-corrected chi connectivity index (χ2v) is 6.93. The van der Waals surface area contributed by atoms with E-state index in [0.29, 0.717) is 11.8 Å². The Labute approximate surface area is 144 Å². The summed E-state index contributed by atoms with van der Waals surface area (Å²) in [5, 5.41) is 0.359. The fourth-order valence-corrected chi connectivity index (χ4v) is 4.09. The van der Waals surface area contributed by atoms with Gasteiger partial charge in [0, 0.05) is 17.5 Å². The molecular weight excluding hydrogens is 352 g/mol. The van der Waals surface area contributed by atoms with Crippen LogP contribution >= 0.6 is 15.9 Å². The summed E-state index contributed by atoms with van der Waals surface area (Å²) in [5.41, 5.74) is 7.88. The van der Waals surface area contributed by atoms with E-state index in [1.165, 1.54) is 27.8 Å². The maximum Gasteiger partial charge on any atom is 0.173 e. The van der Waals surface area contributed by atoms with Crippen LogP contribution < -0.4 is 0 Å². The molecule has 2 aromatic rings. The van der Waals surface area contributed by atoms with Crippen molar-refractivity contribution < 1.29 is 9.59 Å². The number of hydrogen-bond acceptors (Lipinski definition) is 2. The number of alkyl halides is 1. The van der Waals surface area contributed by atoms with Crippen molar-refractivity contribution in [1.29, 1.82) is 0 Å². The molecule has 116 valence electrons. The lowest BCUT2D eigenvalue weighted by molar-refractivity contribution is 0.0971. The summed E-state index contributed by atoms with van der Waals surface area (Å²) in [7, 11) is 0. The first kappa shape index (κ1) is 14.8. The van der Waals surface area contributed by atoms with Crippen molar-refractivity contribution in [3.05, 3.63) is 58.1 Å². The molecule has 0 unspecified atom stereocenters. The zero-order valence-electron chi connectivity index (χ0n) is 12.8. The van der Waals surface area contributed by atoms with Crippen molar-refractivity contribution in [2.24, 2.45) is 0 Å². The minimum Gasteiger partial charge on any atom is -0.294 e. The van der Waals surface area contributed by atoms with Crippen LogP contribution in [0.15, 0.2) is 30.3 Å². The molecule has 0 fully saturated rings. The zero-order chi connectivity index (χ0) is 16.0. The topological polar surface area (TPSA) is 34.1 Å². The van der Waals surface area contributed by atoms with E-state index in [9.17, 15) is 9.59 Å². The third kappa shape index (κ3) is 2.47. The molecule has 2 aliphatic carbocycles. The number of Topliss-reactive ketones (excluding diaryl/α,β-unsaturated/α-hetero) is 2. The Balaban J connectivity index is 1.83. The number of carbonyl (C=O) groups excluding carboxylic acids is 2. The van der Waals surface area contributed by atoms with Crippen LogP contribution in [0.2, 0.25) is 0 Å². The maximum absolute atomic E-state index is 12.1. The van der Waals surface area contributed by atoms with Gasteiger partial charge in [-0.2, -0.15) is 0 Å². The Morgan fingerprint density at radius 1 is 0.870 bits per heavy atom. The zero-order valence-corrected chi connectivity index (χ0v) is 14.4. The average Bonchev–Trinajstić information content (AvgIpc) is 2.59. The van der Waals surface area contributed by atoms with Crippen LogP contribution in [0, 0.1) is 0 Å². The highest BCUT2D eigenvalue weighted by molar-refractivity contribution is 9.09. The molecule has 0 saturated carbocycles. The summed E-state index contributed by atoms with van der Waals surface area (Å²) < 4.78 is 0. The van der Waals surface area contributed by atoms with Crippen LogP contribution in [0.4, 0.5) is 0 Å². The largest absolute Gasteiger partial charge is 0.294 e. The highest BCUT2D eigenvalue weighted by Crippen LogP contribution is 2.37. The second kappa shape index (κ2) is 5.72. The van der Waals surface area contributed by atoms with E-state index in [2.05, 4.69) is 34.1 Å². The number of fused-ring (bicyclic) bond motifs is 4. The third-order valence-electron chi connectivity index (χ3n) is 4.98. The number of ketones is 2. The third-order valence-corrected chi connectivity index (χ3v) is 5.49. The van der Waals surface area contributed by atoms with Crippen molar-refractivity contribution >= 4 is 27.5 Å². The van der Waals surface area contributed by atoms with Gasteiger partial charge in [0.1, 0.15) is 0 Å². The molecule has 0 amide bonds. The number of aryl methyl sites for hydroxylation is 3. The van der Waals surface area contributed by atoms with Crippen molar-refractivity contribution in [2.75, 3.05) is 5.33 Å². The molecule has 0 bridgehead atoms. The van der Waals surface area contributed by atoms with Gasteiger partial charge in [-0.3, -0.25) is 9.59 Å². The van der Waals surface area contributed by atoms with Crippen LogP contribution in [0.5, 0.6) is 0 Å². The summed E-state index contributed by atoms with van der Waals surface area (Å²) in [6.45, 7) is 0. The maximum atomic E-state index is 12.1. The lowest BCUT2D eigenvalue weighted by Crippen LogP contribution is -2.14. The van der Waals surface area contributed by atoms with E-state index >= 15 is 0 Å². The van der Waals surface area contributed by atoms with Gasteiger partial charge >= 0.3 is 0 Å². The van der Waals surface area contributed by atoms with Crippen LogP contribution in [-0.2, 0) is 19.3 Å². The average molecular weight is 369 g/mol. The van der Waals surface area contributed by atoms with Gasteiger partial charge in [0.15, 0.2) is 11.6 Å². The molecule has 0 atom stereocenters. The van der Waals surface area contributed by atoms with Crippen molar-refractivity contribution in [3.63, 3.8) is 0 Å². The fraction of sp³-hybridized carbons (Fsp3) is 0.300. The fourth-order valence-electron chi connectivity index (χ4n) is 3.77. The molecule has 0 saturated heterocycles. The van der Waals surface area contributed by atoms with E-state index in [0.717, 1.165) is 36.8 Å². The Bertz CT molecular complexity index is 836. The van der Waals surface area contributed by atoms with Crippen molar-refractivity contribution in [3.8, 4) is 11.1 Å². The molecule has 2 nitrogen and oxygen atoms in total. The van der Waals surface area contributed by atoms with Gasteiger partial charge in [-0.25, -0.2) is 0 Å². The van der Waals surface area contributed by atoms with Crippen molar-refractivity contribution in [2.45, 2.75) is 32.1 Å². The number of hydrogen-bond donors (Lipinski definition) is 0. The predicted octanol–water partition coefficient (Wildman–Crippen LogP) is 4.55. The molecule has 2 aliphatic rings. The number of rotatable bonds is 2. The first-order valence-electron chi connectivity index (χ1n) is 8.09. The SMILES string of the molecule is O=C(CBr)c1ccc2c(c1)CCc1cc3c(cc1-2)CCCC3=O. The van der Waals surface area contributed by atoms with Crippen LogP contribution in [0.25, 0.3) is 11.1 Å². The standard InChI is InChI=1S/C20H17BrO2/c21-11-20(23)15-6-7-16-13(8-15)4-5-14-10-18-12(9-17(14)16)2-1-3-19(18)22/h6-10H,1-5,11H2. The predicted molar refractivity (Wildman–Crippen MR) is 94.7 cm³/mol. The smallest absolute Gasteiger partial charge is 0.173 e. The normalized spacial score (nSPS) is 15.6. The molecule has 23 heavy (non-hydrogen) atoms. The summed E-state index contributed by atoms with van der Waals surface area (Å²) in [4.78, 5) is 24.0. The first-order valence-corrected chi connectivity index (χ1v) is 9.21. The van der Waals surface area contributed by atoms with Crippen LogP contribution in [0.3, 0.4) is 0 Å². The number of benzene rings is 2. The highest BCUT2D eigenvalue weighted by Gasteiger charge is 2.23. The van der Waals surface area contributed by atoms with Gasteiger partial charge in [0.25, 0.3) is 0 Å². The number of carbonyl (C=O) groups is 2. The molecule has 2 aromatic carbocycles. The quantitative estimate of drug-likeness (QED) is 0.575. The summed E-state index contributed by atoms with van der Waals surface area (Å²) in [6.07, 6.45) is 4.49. The molecule has 0 radical (unpaired) electrons. The van der Waals surface area contributed by atoms with Gasteiger partial charge < -0.3 is 0 Å². The molecule has 0 N–H and O–H groups in total. The van der Waals surface area contributed by atoms with Gasteiger partial charge in [0.2, 0.25) is 0 Å². The minimum absolute atomic E-state index is 0.120. The van der Waals surface area contributed by atoms with E-state index in [4.69, 9.17) is 0 Å². The van der Waals surface area contributed by atoms with E-state index < -0.39 is 0 Å². The summed E-state index contributed by atoms with van der Waals surface area (Å²) >= 11 is 3.24. The monoisotopic (exact) mass is 368 g/mol. The lowest BCUT2D eigenvalue weighted by Gasteiger charge is -2.24. The molecule has 4 rings (SSSR count).